The minimum absolute atomic E-state index is 0.0599. The number of aromatic nitrogens is 1. The zero-order valence-electron chi connectivity index (χ0n) is 6.95. The van der Waals surface area contributed by atoms with Crippen LogP contribution in [0, 0.1) is 12.3 Å². The Kier molecular flexibility index (Phi) is 2.87. The predicted octanol–water partition coefficient (Wildman–Crippen LogP) is 0.626. The minimum atomic E-state index is -0.228. The Labute approximate surface area is 76.2 Å². The first kappa shape index (κ1) is 9.07. The standard InChI is InChI=1S/C9H9N3O/c1-2-3-9(13)12-7-4-5-8(10)11-6-7/h1,4-6H,3H2,(H2,10,11)(H,12,13). The van der Waals surface area contributed by atoms with E-state index < -0.39 is 0 Å². The number of nitrogens with one attached hydrogen (secondary N) is 1. The molecule has 0 aliphatic rings. The van der Waals surface area contributed by atoms with Gasteiger partial charge in [-0.05, 0) is 12.1 Å². The molecule has 0 fully saturated rings. The van der Waals surface area contributed by atoms with Gasteiger partial charge in [0.05, 0.1) is 18.3 Å². The summed E-state index contributed by atoms with van der Waals surface area (Å²) in [4.78, 5) is 14.8. The third-order valence-electron chi connectivity index (χ3n) is 1.33. The lowest BCUT2D eigenvalue weighted by molar-refractivity contribution is -0.115. The van der Waals surface area contributed by atoms with Crippen molar-refractivity contribution in [2.45, 2.75) is 6.42 Å². The van der Waals surface area contributed by atoms with Gasteiger partial charge in [-0.3, -0.25) is 4.79 Å². The number of amides is 1. The normalized spacial score (nSPS) is 8.85. The van der Waals surface area contributed by atoms with E-state index in [9.17, 15) is 4.79 Å². The molecule has 0 aromatic carbocycles. The van der Waals surface area contributed by atoms with Crippen molar-refractivity contribution in [2.24, 2.45) is 0 Å². The molecule has 1 amide bonds. The van der Waals surface area contributed by atoms with Gasteiger partial charge in [0.15, 0.2) is 0 Å². The second-order valence-corrected chi connectivity index (χ2v) is 2.40. The molecule has 4 nitrogen and oxygen atoms in total. The SMILES string of the molecule is C#CCC(=O)Nc1ccc(N)nc1. The molecule has 0 bridgehead atoms. The zero-order valence-corrected chi connectivity index (χ0v) is 6.95. The smallest absolute Gasteiger partial charge is 0.236 e. The van der Waals surface area contributed by atoms with Crippen molar-refractivity contribution in [3.05, 3.63) is 18.3 Å². The average Bonchev–Trinajstić information content (AvgIpc) is 2.09. The van der Waals surface area contributed by atoms with E-state index in [4.69, 9.17) is 12.2 Å². The summed E-state index contributed by atoms with van der Waals surface area (Å²) in [6, 6.07) is 3.27. The van der Waals surface area contributed by atoms with Crippen LogP contribution in [0.5, 0.6) is 0 Å². The first-order valence-corrected chi connectivity index (χ1v) is 3.67. The van der Waals surface area contributed by atoms with Crippen molar-refractivity contribution in [1.82, 2.24) is 4.98 Å². The van der Waals surface area contributed by atoms with Crippen LogP contribution in [0.2, 0.25) is 0 Å². The highest BCUT2D eigenvalue weighted by Gasteiger charge is 1.99. The van der Waals surface area contributed by atoms with Crippen molar-refractivity contribution in [1.29, 1.82) is 0 Å². The van der Waals surface area contributed by atoms with Gasteiger partial charge in [-0.1, -0.05) is 5.92 Å². The van der Waals surface area contributed by atoms with Crippen LogP contribution in [-0.2, 0) is 4.79 Å². The molecule has 66 valence electrons. The molecule has 0 unspecified atom stereocenters. The molecule has 0 saturated heterocycles. The van der Waals surface area contributed by atoms with Gasteiger partial charge in [-0.25, -0.2) is 4.98 Å². The highest BCUT2D eigenvalue weighted by molar-refractivity contribution is 5.92. The van der Waals surface area contributed by atoms with Gasteiger partial charge in [0.1, 0.15) is 5.82 Å². The predicted molar refractivity (Wildman–Crippen MR) is 50.7 cm³/mol. The third-order valence-corrected chi connectivity index (χ3v) is 1.33. The van der Waals surface area contributed by atoms with Crippen LogP contribution in [0.3, 0.4) is 0 Å². The minimum Gasteiger partial charge on any atom is -0.384 e. The van der Waals surface area contributed by atoms with E-state index in [1.165, 1.54) is 6.20 Å². The number of hydrogen-bond acceptors (Lipinski definition) is 3. The van der Waals surface area contributed by atoms with Gasteiger partial charge in [-0.2, -0.15) is 0 Å². The Morgan fingerprint density at radius 3 is 3.00 bits per heavy atom. The zero-order chi connectivity index (χ0) is 9.68. The highest BCUT2D eigenvalue weighted by Crippen LogP contribution is 2.06. The number of nitrogens with two attached hydrogens (primary N) is 1. The number of hydrogen-bond donors (Lipinski definition) is 2. The van der Waals surface area contributed by atoms with Crippen LogP contribution >= 0.6 is 0 Å². The number of nitrogen functional groups attached to an aromatic ring is 1. The molecule has 0 radical (unpaired) electrons. The summed E-state index contributed by atoms with van der Waals surface area (Å²) in [6.45, 7) is 0. The van der Waals surface area contributed by atoms with Gasteiger partial charge in [-0.15, -0.1) is 6.42 Å². The molecule has 0 atom stereocenters. The van der Waals surface area contributed by atoms with Crippen LogP contribution in [0.15, 0.2) is 18.3 Å². The Morgan fingerprint density at radius 1 is 1.69 bits per heavy atom. The number of carbonyl (C=O) groups is 1. The van der Waals surface area contributed by atoms with Crippen molar-refractivity contribution < 1.29 is 4.79 Å². The Hall–Kier alpha value is -2.02. The van der Waals surface area contributed by atoms with Gasteiger partial charge in [0.25, 0.3) is 0 Å². The van der Waals surface area contributed by atoms with Crippen molar-refractivity contribution in [3.63, 3.8) is 0 Å². The number of carbonyl (C=O) groups excluding carboxylic acids is 1. The van der Waals surface area contributed by atoms with E-state index in [0.29, 0.717) is 11.5 Å². The molecule has 0 aliphatic heterocycles. The highest BCUT2D eigenvalue weighted by atomic mass is 16.1. The molecule has 0 saturated carbocycles. The summed E-state index contributed by atoms with van der Waals surface area (Å²) in [7, 11) is 0. The Bertz CT molecular complexity index is 337. The average molecular weight is 175 g/mol. The molecule has 3 N–H and O–H groups in total. The Balaban J connectivity index is 2.60. The summed E-state index contributed by atoms with van der Waals surface area (Å²) >= 11 is 0. The van der Waals surface area contributed by atoms with Crippen LogP contribution < -0.4 is 11.1 Å². The van der Waals surface area contributed by atoms with E-state index in [-0.39, 0.29) is 12.3 Å². The third kappa shape index (κ3) is 2.83. The fourth-order valence-corrected chi connectivity index (χ4v) is 0.777. The lowest BCUT2D eigenvalue weighted by Gasteiger charge is -2.01. The topological polar surface area (TPSA) is 68.0 Å². The second kappa shape index (κ2) is 4.12. The molecule has 0 spiro atoms. The van der Waals surface area contributed by atoms with Crippen molar-refractivity contribution in [2.75, 3.05) is 11.1 Å². The number of pyridine rings is 1. The Morgan fingerprint density at radius 2 is 2.46 bits per heavy atom. The monoisotopic (exact) mass is 175 g/mol. The second-order valence-electron chi connectivity index (χ2n) is 2.40. The summed E-state index contributed by atoms with van der Waals surface area (Å²) in [5, 5.41) is 2.57. The van der Waals surface area contributed by atoms with Gasteiger partial charge in [0, 0.05) is 0 Å². The van der Waals surface area contributed by atoms with Crippen molar-refractivity contribution >= 4 is 17.4 Å². The molecule has 1 aromatic heterocycles. The number of rotatable bonds is 2. The first-order valence-electron chi connectivity index (χ1n) is 3.67. The van der Waals surface area contributed by atoms with Crippen LogP contribution in [0.1, 0.15) is 6.42 Å². The molecule has 13 heavy (non-hydrogen) atoms. The lowest BCUT2D eigenvalue weighted by Crippen LogP contribution is -2.10. The summed E-state index contributed by atoms with van der Waals surface area (Å²) in [5.41, 5.74) is 5.95. The quantitative estimate of drug-likeness (QED) is 0.647. The number of nitrogens with zero attached hydrogens (tertiary/aromatic N) is 1. The molecule has 1 aromatic rings. The van der Waals surface area contributed by atoms with E-state index in [1.807, 2.05) is 0 Å². The lowest BCUT2D eigenvalue weighted by atomic mass is 10.3. The molecule has 1 rings (SSSR count). The molecule has 4 heteroatoms. The van der Waals surface area contributed by atoms with Crippen LogP contribution in [0.25, 0.3) is 0 Å². The van der Waals surface area contributed by atoms with E-state index in [1.54, 1.807) is 12.1 Å². The van der Waals surface area contributed by atoms with Crippen molar-refractivity contribution in [3.8, 4) is 12.3 Å². The van der Waals surface area contributed by atoms with Crippen LogP contribution in [-0.4, -0.2) is 10.9 Å². The van der Waals surface area contributed by atoms with E-state index >= 15 is 0 Å². The maximum Gasteiger partial charge on any atom is 0.236 e. The maximum atomic E-state index is 11.0. The van der Waals surface area contributed by atoms with Crippen LogP contribution in [0.4, 0.5) is 11.5 Å². The van der Waals surface area contributed by atoms with Gasteiger partial charge < -0.3 is 11.1 Å². The van der Waals surface area contributed by atoms with Gasteiger partial charge in [0.2, 0.25) is 5.91 Å². The van der Waals surface area contributed by atoms with Gasteiger partial charge >= 0.3 is 0 Å². The number of terminal acetylenes is 1. The maximum absolute atomic E-state index is 11.0. The number of anilines is 2. The van der Waals surface area contributed by atoms with E-state index in [0.717, 1.165) is 0 Å². The molecular formula is C9H9N3O. The summed E-state index contributed by atoms with van der Waals surface area (Å²) in [5.74, 6) is 2.43. The van der Waals surface area contributed by atoms with E-state index in [2.05, 4.69) is 16.2 Å². The molecule has 1 heterocycles. The molecule has 0 aliphatic carbocycles. The largest absolute Gasteiger partial charge is 0.384 e. The first-order chi connectivity index (χ1) is 6.22. The fraction of sp³-hybridized carbons (Fsp3) is 0.111. The fourth-order valence-electron chi connectivity index (χ4n) is 0.777. The summed E-state index contributed by atoms with van der Waals surface area (Å²) in [6.07, 6.45) is 6.50. The summed E-state index contributed by atoms with van der Waals surface area (Å²) < 4.78 is 0. The molecular weight excluding hydrogens is 166 g/mol.